The van der Waals surface area contributed by atoms with Gasteiger partial charge in [0.05, 0.1) is 6.61 Å². The lowest BCUT2D eigenvalue weighted by Gasteiger charge is -2.08. The highest BCUT2D eigenvalue weighted by atomic mass is 127. The van der Waals surface area contributed by atoms with E-state index in [0.29, 0.717) is 5.56 Å². The van der Waals surface area contributed by atoms with Crippen molar-refractivity contribution in [3.05, 3.63) is 32.4 Å². The van der Waals surface area contributed by atoms with Gasteiger partial charge in [-0.15, -0.1) is 0 Å². The van der Waals surface area contributed by atoms with Gasteiger partial charge in [-0.2, -0.15) is 0 Å². The van der Waals surface area contributed by atoms with E-state index < -0.39 is 6.43 Å². The van der Waals surface area contributed by atoms with Crippen LogP contribution in [-0.2, 0) is 6.61 Å². The topological polar surface area (TPSA) is 20.2 Å². The van der Waals surface area contributed by atoms with E-state index in [1.807, 2.05) is 29.5 Å². The van der Waals surface area contributed by atoms with Crippen LogP contribution in [0.1, 0.15) is 23.1 Å². The SMILES string of the molecule is Cc1c(I)cc(C(F)F)cc1CO. The lowest BCUT2D eigenvalue weighted by atomic mass is 10.1. The van der Waals surface area contributed by atoms with Gasteiger partial charge in [0.1, 0.15) is 0 Å². The van der Waals surface area contributed by atoms with E-state index in [2.05, 4.69) is 0 Å². The van der Waals surface area contributed by atoms with Gasteiger partial charge in [0, 0.05) is 9.13 Å². The maximum Gasteiger partial charge on any atom is 0.263 e. The van der Waals surface area contributed by atoms with Crippen molar-refractivity contribution in [3.8, 4) is 0 Å². The van der Waals surface area contributed by atoms with Gasteiger partial charge in [0.15, 0.2) is 0 Å². The maximum atomic E-state index is 12.3. The molecule has 0 amide bonds. The van der Waals surface area contributed by atoms with E-state index in [1.165, 1.54) is 12.1 Å². The molecule has 1 aromatic carbocycles. The molecule has 1 N–H and O–H groups in total. The van der Waals surface area contributed by atoms with Crippen LogP contribution in [0.25, 0.3) is 0 Å². The first-order valence-corrected chi connectivity index (χ1v) is 4.82. The standard InChI is InChI=1S/C9H9F2IO/c1-5-7(4-13)2-6(9(10)11)3-8(5)12/h2-3,9,13H,4H2,1H3. The Labute approximate surface area is 88.9 Å². The molecule has 0 aliphatic carbocycles. The Morgan fingerprint density at radius 1 is 1.46 bits per heavy atom. The van der Waals surface area contributed by atoms with Crippen LogP contribution in [0.5, 0.6) is 0 Å². The van der Waals surface area contributed by atoms with Crippen molar-refractivity contribution >= 4 is 22.6 Å². The zero-order valence-corrected chi connectivity index (χ0v) is 9.18. The average molecular weight is 298 g/mol. The Kier molecular flexibility index (Phi) is 3.61. The second-order valence-electron chi connectivity index (χ2n) is 2.75. The third-order valence-electron chi connectivity index (χ3n) is 1.90. The molecule has 0 aliphatic rings. The van der Waals surface area contributed by atoms with Gasteiger partial charge in [-0.3, -0.25) is 0 Å². The second kappa shape index (κ2) is 4.32. The summed E-state index contributed by atoms with van der Waals surface area (Å²) in [4.78, 5) is 0. The first-order valence-electron chi connectivity index (χ1n) is 3.74. The Balaban J connectivity index is 3.22. The van der Waals surface area contributed by atoms with Gasteiger partial charge in [-0.1, -0.05) is 0 Å². The fourth-order valence-electron chi connectivity index (χ4n) is 1.05. The molecular weight excluding hydrogens is 289 g/mol. The molecule has 0 saturated heterocycles. The maximum absolute atomic E-state index is 12.3. The van der Waals surface area contributed by atoms with Crippen molar-refractivity contribution in [2.75, 3.05) is 0 Å². The van der Waals surface area contributed by atoms with Crippen LogP contribution in [-0.4, -0.2) is 5.11 Å². The minimum atomic E-state index is -2.47. The van der Waals surface area contributed by atoms with Crippen molar-refractivity contribution in [1.29, 1.82) is 0 Å². The molecule has 1 rings (SSSR count). The van der Waals surface area contributed by atoms with Crippen LogP contribution in [0.2, 0.25) is 0 Å². The number of aliphatic hydroxyl groups excluding tert-OH is 1. The molecule has 1 aromatic rings. The molecule has 0 aromatic heterocycles. The quantitative estimate of drug-likeness (QED) is 0.832. The number of hydrogen-bond acceptors (Lipinski definition) is 1. The molecule has 0 fully saturated rings. The Morgan fingerprint density at radius 3 is 2.54 bits per heavy atom. The summed E-state index contributed by atoms with van der Waals surface area (Å²) in [5.74, 6) is 0. The van der Waals surface area contributed by atoms with Crippen molar-refractivity contribution in [2.24, 2.45) is 0 Å². The Hall–Kier alpha value is -0.230. The fraction of sp³-hybridized carbons (Fsp3) is 0.333. The molecule has 72 valence electrons. The number of aliphatic hydroxyl groups is 1. The average Bonchev–Trinajstić information content (AvgIpc) is 2.09. The zero-order chi connectivity index (χ0) is 10.0. The molecule has 0 radical (unpaired) electrons. The molecule has 0 unspecified atom stereocenters. The van der Waals surface area contributed by atoms with Crippen LogP contribution in [0.15, 0.2) is 12.1 Å². The smallest absolute Gasteiger partial charge is 0.263 e. The third kappa shape index (κ3) is 2.37. The molecular formula is C9H9F2IO. The van der Waals surface area contributed by atoms with Crippen LogP contribution in [0.3, 0.4) is 0 Å². The minimum absolute atomic E-state index is 0.0287. The minimum Gasteiger partial charge on any atom is -0.392 e. The number of benzene rings is 1. The van der Waals surface area contributed by atoms with Gasteiger partial charge < -0.3 is 5.11 Å². The molecule has 4 heteroatoms. The highest BCUT2D eigenvalue weighted by molar-refractivity contribution is 14.1. The first kappa shape index (κ1) is 10.8. The molecule has 0 aliphatic heterocycles. The van der Waals surface area contributed by atoms with Crippen LogP contribution in [0, 0.1) is 10.5 Å². The zero-order valence-electron chi connectivity index (χ0n) is 7.02. The lowest BCUT2D eigenvalue weighted by Crippen LogP contribution is -1.96. The van der Waals surface area contributed by atoms with Gasteiger partial charge in [0.2, 0.25) is 0 Å². The molecule has 0 saturated carbocycles. The van der Waals surface area contributed by atoms with Gasteiger partial charge >= 0.3 is 0 Å². The molecule has 13 heavy (non-hydrogen) atoms. The predicted octanol–water partition coefficient (Wildman–Crippen LogP) is 3.03. The van der Waals surface area contributed by atoms with Crippen molar-refractivity contribution < 1.29 is 13.9 Å². The van der Waals surface area contributed by atoms with Crippen LogP contribution < -0.4 is 0 Å². The summed E-state index contributed by atoms with van der Waals surface area (Å²) in [5.41, 5.74) is 1.41. The summed E-state index contributed by atoms with van der Waals surface area (Å²) in [5, 5.41) is 8.90. The predicted molar refractivity (Wildman–Crippen MR) is 54.8 cm³/mol. The summed E-state index contributed by atoms with van der Waals surface area (Å²) < 4.78 is 25.4. The summed E-state index contributed by atoms with van der Waals surface area (Å²) in [7, 11) is 0. The molecule has 0 atom stereocenters. The monoisotopic (exact) mass is 298 g/mol. The van der Waals surface area contributed by atoms with E-state index in [-0.39, 0.29) is 12.2 Å². The molecule has 0 spiro atoms. The number of alkyl halides is 2. The van der Waals surface area contributed by atoms with Crippen molar-refractivity contribution in [1.82, 2.24) is 0 Å². The summed E-state index contributed by atoms with van der Waals surface area (Å²) >= 11 is 1.99. The Bertz CT molecular complexity index is 313. The van der Waals surface area contributed by atoms with E-state index in [4.69, 9.17) is 5.11 Å². The molecule has 1 nitrogen and oxygen atoms in total. The van der Waals surface area contributed by atoms with Gasteiger partial charge in [-0.25, -0.2) is 8.78 Å². The van der Waals surface area contributed by atoms with Crippen LogP contribution in [0.4, 0.5) is 8.78 Å². The molecule has 0 heterocycles. The van der Waals surface area contributed by atoms with E-state index in [0.717, 1.165) is 9.13 Å². The Morgan fingerprint density at radius 2 is 2.08 bits per heavy atom. The van der Waals surface area contributed by atoms with Crippen molar-refractivity contribution in [3.63, 3.8) is 0 Å². The summed E-state index contributed by atoms with van der Waals surface area (Å²) in [6.45, 7) is 1.62. The summed E-state index contributed by atoms with van der Waals surface area (Å²) in [6.07, 6.45) is -2.47. The molecule has 0 bridgehead atoms. The summed E-state index contributed by atoms with van der Waals surface area (Å²) in [6, 6.07) is 2.79. The lowest BCUT2D eigenvalue weighted by molar-refractivity contribution is 0.151. The first-order chi connectivity index (χ1) is 6.06. The van der Waals surface area contributed by atoms with E-state index in [1.54, 1.807) is 0 Å². The third-order valence-corrected chi connectivity index (χ3v) is 3.02. The van der Waals surface area contributed by atoms with Gasteiger partial charge in [-0.05, 0) is 52.8 Å². The normalized spacial score (nSPS) is 10.9. The van der Waals surface area contributed by atoms with E-state index in [9.17, 15) is 8.78 Å². The van der Waals surface area contributed by atoms with Gasteiger partial charge in [0.25, 0.3) is 6.43 Å². The van der Waals surface area contributed by atoms with Crippen LogP contribution >= 0.6 is 22.6 Å². The number of hydrogen-bond donors (Lipinski definition) is 1. The fourth-order valence-corrected chi connectivity index (χ4v) is 1.76. The van der Waals surface area contributed by atoms with Crippen molar-refractivity contribution in [2.45, 2.75) is 20.0 Å². The highest BCUT2D eigenvalue weighted by Crippen LogP contribution is 2.25. The second-order valence-corrected chi connectivity index (χ2v) is 3.91. The largest absolute Gasteiger partial charge is 0.392 e. The number of halogens is 3. The highest BCUT2D eigenvalue weighted by Gasteiger charge is 2.11. The number of rotatable bonds is 2. The van der Waals surface area contributed by atoms with E-state index >= 15 is 0 Å².